The van der Waals surface area contributed by atoms with E-state index in [-0.39, 0.29) is 17.7 Å². The lowest BCUT2D eigenvalue weighted by Gasteiger charge is -2.34. The smallest absolute Gasteiger partial charge is 0.253 e. The van der Waals surface area contributed by atoms with Gasteiger partial charge < -0.3 is 9.80 Å². The molecule has 1 heterocycles. The fourth-order valence-corrected chi connectivity index (χ4v) is 3.43. The van der Waals surface area contributed by atoms with Crippen molar-refractivity contribution >= 4 is 17.5 Å². The summed E-state index contributed by atoms with van der Waals surface area (Å²) in [4.78, 5) is 28.9. The standard InChI is InChI=1S/C21H23FN2O2/c1-2-24(19-9-4-3-5-10-19)21(26)16-11-13-23(14-12-16)20(25)17-7-6-8-18(22)15-17/h3-10,15-16H,2,11-14H2,1H3. The highest BCUT2D eigenvalue weighted by Gasteiger charge is 2.30. The molecular weight excluding hydrogens is 331 g/mol. The lowest BCUT2D eigenvalue weighted by atomic mass is 9.94. The van der Waals surface area contributed by atoms with Crippen LogP contribution in [0, 0.1) is 11.7 Å². The molecule has 136 valence electrons. The van der Waals surface area contributed by atoms with Gasteiger partial charge in [-0.05, 0) is 50.1 Å². The molecule has 2 amide bonds. The minimum absolute atomic E-state index is 0.0910. The quantitative estimate of drug-likeness (QED) is 0.839. The van der Waals surface area contributed by atoms with Gasteiger partial charge in [0.15, 0.2) is 0 Å². The van der Waals surface area contributed by atoms with Crippen LogP contribution in [0.2, 0.25) is 0 Å². The highest BCUT2D eigenvalue weighted by atomic mass is 19.1. The molecule has 1 aliphatic rings. The first kappa shape index (κ1) is 18.1. The van der Waals surface area contributed by atoms with E-state index in [4.69, 9.17) is 0 Å². The average molecular weight is 354 g/mol. The Morgan fingerprint density at radius 2 is 1.77 bits per heavy atom. The van der Waals surface area contributed by atoms with Gasteiger partial charge in [-0.1, -0.05) is 24.3 Å². The largest absolute Gasteiger partial charge is 0.339 e. The number of anilines is 1. The first-order valence-corrected chi connectivity index (χ1v) is 9.01. The van der Waals surface area contributed by atoms with Crippen molar-refractivity contribution in [3.8, 4) is 0 Å². The minimum Gasteiger partial charge on any atom is -0.339 e. The van der Waals surface area contributed by atoms with Gasteiger partial charge in [0.25, 0.3) is 5.91 Å². The topological polar surface area (TPSA) is 40.6 Å². The number of piperidine rings is 1. The summed E-state index contributed by atoms with van der Waals surface area (Å²) in [6.45, 7) is 3.61. The summed E-state index contributed by atoms with van der Waals surface area (Å²) in [5.41, 5.74) is 1.26. The highest BCUT2D eigenvalue weighted by molar-refractivity contribution is 5.96. The van der Waals surface area contributed by atoms with E-state index in [1.54, 1.807) is 15.9 Å². The Kier molecular flexibility index (Phi) is 5.66. The summed E-state index contributed by atoms with van der Waals surface area (Å²) in [6, 6.07) is 15.4. The maximum Gasteiger partial charge on any atom is 0.253 e. The van der Waals surface area contributed by atoms with Crippen LogP contribution in [0.15, 0.2) is 54.6 Å². The summed E-state index contributed by atoms with van der Waals surface area (Å²) in [7, 11) is 0. The van der Waals surface area contributed by atoms with Gasteiger partial charge in [0.05, 0.1) is 0 Å². The second-order valence-corrected chi connectivity index (χ2v) is 6.49. The van der Waals surface area contributed by atoms with E-state index >= 15 is 0 Å². The molecule has 4 nitrogen and oxygen atoms in total. The van der Waals surface area contributed by atoms with E-state index in [1.165, 1.54) is 18.2 Å². The van der Waals surface area contributed by atoms with E-state index < -0.39 is 5.82 Å². The number of amides is 2. The zero-order valence-electron chi connectivity index (χ0n) is 14.9. The van der Waals surface area contributed by atoms with Crippen LogP contribution in [0.4, 0.5) is 10.1 Å². The van der Waals surface area contributed by atoms with E-state index in [2.05, 4.69) is 0 Å². The molecule has 1 fully saturated rings. The fourth-order valence-electron chi connectivity index (χ4n) is 3.43. The molecule has 2 aromatic carbocycles. The van der Waals surface area contributed by atoms with E-state index in [9.17, 15) is 14.0 Å². The number of carbonyl (C=O) groups is 2. The molecule has 1 aliphatic heterocycles. The molecule has 0 atom stereocenters. The van der Waals surface area contributed by atoms with Crippen molar-refractivity contribution in [2.75, 3.05) is 24.5 Å². The number of likely N-dealkylation sites (tertiary alicyclic amines) is 1. The van der Waals surface area contributed by atoms with Crippen molar-refractivity contribution < 1.29 is 14.0 Å². The first-order chi connectivity index (χ1) is 12.6. The summed E-state index contributed by atoms with van der Waals surface area (Å²) in [6.07, 6.45) is 1.26. The van der Waals surface area contributed by atoms with Crippen molar-refractivity contribution in [2.24, 2.45) is 5.92 Å². The van der Waals surface area contributed by atoms with Gasteiger partial charge >= 0.3 is 0 Å². The maximum absolute atomic E-state index is 13.3. The SMILES string of the molecule is CCN(C(=O)C1CCN(C(=O)c2cccc(F)c2)CC1)c1ccccc1. The zero-order valence-corrected chi connectivity index (χ0v) is 14.9. The molecule has 0 N–H and O–H groups in total. The normalized spacial score (nSPS) is 14.9. The van der Waals surface area contributed by atoms with Gasteiger partial charge in [0.2, 0.25) is 5.91 Å². The molecule has 0 unspecified atom stereocenters. The van der Waals surface area contributed by atoms with Gasteiger partial charge in [0, 0.05) is 36.8 Å². The molecule has 2 aromatic rings. The second kappa shape index (κ2) is 8.13. The van der Waals surface area contributed by atoms with Crippen molar-refractivity contribution in [2.45, 2.75) is 19.8 Å². The molecular formula is C21H23FN2O2. The maximum atomic E-state index is 13.3. The molecule has 5 heteroatoms. The molecule has 0 saturated carbocycles. The van der Waals surface area contributed by atoms with Gasteiger partial charge in [-0.3, -0.25) is 9.59 Å². The van der Waals surface area contributed by atoms with Crippen LogP contribution in [0.25, 0.3) is 0 Å². The fraction of sp³-hybridized carbons (Fsp3) is 0.333. The van der Waals surface area contributed by atoms with Crippen LogP contribution in [-0.4, -0.2) is 36.3 Å². The third-order valence-corrected chi connectivity index (χ3v) is 4.85. The highest BCUT2D eigenvalue weighted by Crippen LogP contribution is 2.24. The van der Waals surface area contributed by atoms with Crippen LogP contribution in [0.1, 0.15) is 30.1 Å². The molecule has 0 spiro atoms. The average Bonchev–Trinajstić information content (AvgIpc) is 2.69. The molecule has 0 radical (unpaired) electrons. The molecule has 0 bridgehead atoms. The van der Waals surface area contributed by atoms with Gasteiger partial charge in [-0.25, -0.2) is 4.39 Å². The van der Waals surface area contributed by atoms with E-state index in [0.29, 0.717) is 38.0 Å². The summed E-state index contributed by atoms with van der Waals surface area (Å²) in [5.74, 6) is -0.573. The predicted octanol–water partition coefficient (Wildman–Crippen LogP) is 3.73. The van der Waals surface area contributed by atoms with Crippen LogP contribution >= 0.6 is 0 Å². The van der Waals surface area contributed by atoms with Crippen molar-refractivity contribution in [1.82, 2.24) is 4.90 Å². The van der Waals surface area contributed by atoms with Gasteiger partial charge in [-0.2, -0.15) is 0 Å². The molecule has 26 heavy (non-hydrogen) atoms. The zero-order chi connectivity index (χ0) is 18.5. The Balaban J connectivity index is 1.62. The first-order valence-electron chi connectivity index (χ1n) is 9.01. The molecule has 0 aromatic heterocycles. The third-order valence-electron chi connectivity index (χ3n) is 4.85. The Morgan fingerprint density at radius 3 is 2.38 bits per heavy atom. The number of para-hydroxylation sites is 1. The van der Waals surface area contributed by atoms with Crippen LogP contribution in [0.3, 0.4) is 0 Å². The van der Waals surface area contributed by atoms with E-state index in [1.807, 2.05) is 37.3 Å². The van der Waals surface area contributed by atoms with Crippen LogP contribution in [0.5, 0.6) is 0 Å². The minimum atomic E-state index is -0.414. The van der Waals surface area contributed by atoms with Gasteiger partial charge in [0.1, 0.15) is 5.82 Å². The monoisotopic (exact) mass is 354 g/mol. The summed E-state index contributed by atoms with van der Waals surface area (Å²) in [5, 5.41) is 0. The Hall–Kier alpha value is -2.69. The van der Waals surface area contributed by atoms with Crippen LogP contribution in [-0.2, 0) is 4.79 Å². The number of nitrogens with zero attached hydrogens (tertiary/aromatic N) is 2. The number of benzene rings is 2. The molecule has 0 aliphatic carbocycles. The number of halogens is 1. The molecule has 3 rings (SSSR count). The Bertz CT molecular complexity index is 771. The lowest BCUT2D eigenvalue weighted by Crippen LogP contribution is -2.44. The predicted molar refractivity (Wildman–Crippen MR) is 99.5 cm³/mol. The number of rotatable bonds is 4. The third kappa shape index (κ3) is 3.93. The van der Waals surface area contributed by atoms with Crippen molar-refractivity contribution in [3.63, 3.8) is 0 Å². The number of hydrogen-bond acceptors (Lipinski definition) is 2. The van der Waals surface area contributed by atoms with Crippen LogP contribution < -0.4 is 4.90 Å². The lowest BCUT2D eigenvalue weighted by molar-refractivity contribution is -0.123. The Labute approximate surface area is 153 Å². The molecule has 1 saturated heterocycles. The summed E-state index contributed by atoms with van der Waals surface area (Å²) < 4.78 is 13.3. The number of carbonyl (C=O) groups excluding carboxylic acids is 2. The Morgan fingerprint density at radius 1 is 1.08 bits per heavy atom. The number of hydrogen-bond donors (Lipinski definition) is 0. The summed E-state index contributed by atoms with van der Waals surface area (Å²) >= 11 is 0. The van der Waals surface area contributed by atoms with Gasteiger partial charge in [-0.15, -0.1) is 0 Å². The van der Waals surface area contributed by atoms with Crippen molar-refractivity contribution in [3.05, 3.63) is 66.0 Å². The van der Waals surface area contributed by atoms with Crippen molar-refractivity contribution in [1.29, 1.82) is 0 Å². The second-order valence-electron chi connectivity index (χ2n) is 6.49. The van der Waals surface area contributed by atoms with E-state index in [0.717, 1.165) is 5.69 Å².